The Morgan fingerprint density at radius 2 is 1.34 bits per heavy atom. The van der Waals surface area contributed by atoms with Gasteiger partial charge in [-0.25, -0.2) is 0 Å². The van der Waals surface area contributed by atoms with Crippen LogP contribution in [0.1, 0.15) is 102 Å². The summed E-state index contributed by atoms with van der Waals surface area (Å²) in [4.78, 5) is 20.9. The van der Waals surface area contributed by atoms with E-state index in [2.05, 4.69) is 24.8 Å². The van der Waals surface area contributed by atoms with E-state index < -0.39 is 67.9 Å². The fourth-order valence-corrected chi connectivity index (χ4v) is 12.8. The molecule has 0 unspecified atom stereocenters. The Balaban J connectivity index is 1.77. The molecule has 2 aliphatic rings. The van der Waals surface area contributed by atoms with Crippen molar-refractivity contribution < 1.29 is 36.3 Å². The fourth-order valence-electron chi connectivity index (χ4n) is 5.86. The third kappa shape index (κ3) is 10.0. The zero-order valence-electron chi connectivity index (χ0n) is 30.8. The summed E-state index contributed by atoms with van der Waals surface area (Å²) in [6.07, 6.45) is 2.12. The average molecular weight is 828 g/mol. The molecule has 2 aliphatic carbocycles. The van der Waals surface area contributed by atoms with Gasteiger partial charge in [0.15, 0.2) is 0 Å². The fraction of sp³-hybridized carbons (Fsp3) is 0.839. The van der Waals surface area contributed by atoms with Crippen molar-refractivity contribution in [1.82, 2.24) is 19.5 Å². The third-order valence-electron chi connectivity index (χ3n) is 7.44. The average Bonchev–Trinajstić information content (AvgIpc) is 3.24. The van der Waals surface area contributed by atoms with Gasteiger partial charge in [0.05, 0.1) is 0 Å². The van der Waals surface area contributed by atoms with Gasteiger partial charge in [0.25, 0.3) is 0 Å². The molecule has 2 fully saturated rings. The summed E-state index contributed by atoms with van der Waals surface area (Å²) in [6.45, 7) is 21.5. The van der Waals surface area contributed by atoms with E-state index in [0.29, 0.717) is 29.2 Å². The van der Waals surface area contributed by atoms with E-state index in [-0.39, 0.29) is 18.6 Å². The van der Waals surface area contributed by atoms with E-state index in [9.17, 15) is 9.13 Å². The molecule has 0 N–H and O–H groups in total. The molecule has 0 aliphatic heterocycles. The zero-order chi connectivity index (χ0) is 35.8. The van der Waals surface area contributed by atoms with Gasteiger partial charge in [-0.15, -0.1) is 0 Å². The van der Waals surface area contributed by atoms with Crippen LogP contribution in [-0.4, -0.2) is 73.0 Å². The van der Waals surface area contributed by atoms with Gasteiger partial charge in [0.2, 0.25) is 0 Å². The Morgan fingerprint density at radius 3 is 1.81 bits per heavy atom. The molecule has 0 spiro atoms. The molecule has 4 atom stereocenters. The topological polar surface area (TPSA) is 133 Å². The summed E-state index contributed by atoms with van der Waals surface area (Å²) in [6, 6.07) is -0.174. The van der Waals surface area contributed by atoms with Gasteiger partial charge in [0, 0.05) is 0 Å². The first kappa shape index (κ1) is 39.6. The van der Waals surface area contributed by atoms with Crippen LogP contribution in [0.15, 0.2) is 6.33 Å². The number of hydrogen-bond donors (Lipinski definition) is 0. The molecule has 0 amide bonds. The molecule has 0 saturated heterocycles. The van der Waals surface area contributed by atoms with Gasteiger partial charge in [-0.3, -0.25) is 0 Å². The molecule has 2 aromatic rings. The minimum Gasteiger partial charge on any atom is -0.0357 e. The number of phosphoric acid groups is 2. The van der Waals surface area contributed by atoms with Crippen molar-refractivity contribution in [2.45, 2.75) is 145 Å². The molecule has 16 heteroatoms. The summed E-state index contributed by atoms with van der Waals surface area (Å²) in [5.41, 5.74) is -2.81. The van der Waals surface area contributed by atoms with Crippen LogP contribution in [0.4, 0.5) is 0 Å². The molecule has 47 heavy (non-hydrogen) atoms. The maximum atomic E-state index is 14.4. The van der Waals surface area contributed by atoms with Crippen LogP contribution in [0.3, 0.4) is 0 Å². The second kappa shape index (κ2) is 12.8. The third-order valence-corrected chi connectivity index (χ3v) is 16.2. The Labute approximate surface area is 289 Å². The number of imidazole rings is 1. The van der Waals surface area contributed by atoms with E-state index in [1.165, 1.54) is 0 Å². The summed E-state index contributed by atoms with van der Waals surface area (Å²) >= 11 is 3.91. The number of aromatic nitrogens is 4. The van der Waals surface area contributed by atoms with Crippen molar-refractivity contribution in [3.63, 3.8) is 0 Å². The van der Waals surface area contributed by atoms with E-state index in [4.69, 9.17) is 43.7 Å². The van der Waals surface area contributed by atoms with Crippen molar-refractivity contribution in [3.05, 3.63) is 11.5 Å². The van der Waals surface area contributed by atoms with E-state index in [0.717, 1.165) is 3.84 Å². The molecule has 0 aromatic carbocycles. The number of halogens is 1. The summed E-state index contributed by atoms with van der Waals surface area (Å²) in [5.74, 6) is -0.0318. The quantitative estimate of drug-likeness (QED) is 0.122. The van der Waals surface area contributed by atoms with Crippen LogP contribution < -0.4 is 3.84 Å². The molecule has 12 nitrogen and oxygen atoms in total. The van der Waals surface area contributed by atoms with E-state index in [1.807, 2.05) is 4.57 Å². The van der Waals surface area contributed by atoms with Crippen molar-refractivity contribution in [2.75, 3.05) is 6.61 Å². The van der Waals surface area contributed by atoms with Gasteiger partial charge < -0.3 is 0 Å². The molecule has 268 valence electrons. The van der Waals surface area contributed by atoms with Crippen LogP contribution in [0.25, 0.3) is 11.2 Å². The number of hydrogen-bond acceptors (Lipinski definition) is 11. The van der Waals surface area contributed by atoms with Crippen LogP contribution in [0, 0.1) is 11.3 Å². The van der Waals surface area contributed by atoms with Crippen molar-refractivity contribution in [1.29, 1.82) is 0 Å². The van der Waals surface area contributed by atoms with Gasteiger partial charge in [-0.1, -0.05) is 0 Å². The smallest absolute Gasteiger partial charge is 0.0357 e. The van der Waals surface area contributed by atoms with Gasteiger partial charge in [0.1, 0.15) is 0 Å². The number of phosphoric ester groups is 2. The van der Waals surface area contributed by atoms with E-state index >= 15 is 0 Å². The normalized spacial score (nSPS) is 24.6. The molecule has 2 saturated carbocycles. The van der Waals surface area contributed by atoms with E-state index in [1.54, 1.807) is 89.4 Å². The van der Waals surface area contributed by atoms with Crippen molar-refractivity contribution >= 4 is 60.6 Å². The van der Waals surface area contributed by atoms with Crippen molar-refractivity contribution in [3.8, 4) is 0 Å². The molecular weight excluding hydrogens is 772 g/mol. The molecular formula is C31H55ClN4O8P2Sn. The van der Waals surface area contributed by atoms with Gasteiger partial charge in [-0.2, -0.15) is 0 Å². The standard InChI is InChI=1S/C28H46ClN4O8P2.3CH3.Sn/c1-24(2,3)38-42(34,39-25(4,5)6)36-15-28-14-18(28)19(33-17-32-21-22(29)30-16-31-23(21)33)13-20(28)37-43(35,40-26(7,8)9)41-27(10,11)12;;;;/h17-20H,13-15H2,1-12H3;3*1H3;/t18-,19+,20+,28-;;;;/m1..../s1. The van der Waals surface area contributed by atoms with Crippen LogP contribution in [-0.2, 0) is 36.3 Å². The van der Waals surface area contributed by atoms with Crippen molar-refractivity contribution in [2.24, 2.45) is 11.3 Å². The molecule has 4 rings (SSSR count). The Bertz CT molecular complexity index is 1530. The minimum atomic E-state index is -4.14. The maximum absolute atomic E-state index is 14.4. The number of nitrogens with zero attached hydrogens (tertiary/aromatic N) is 4. The molecule has 0 bridgehead atoms. The predicted octanol–water partition coefficient (Wildman–Crippen LogP) is 8.85. The number of fused-ring (bicyclic) bond motifs is 2. The minimum absolute atomic E-state index is 0.0284. The Hall–Kier alpha value is -0.141. The van der Waals surface area contributed by atoms with Crippen LogP contribution >= 0.6 is 27.2 Å². The summed E-state index contributed by atoms with van der Waals surface area (Å²) in [5, 5.41) is 0.327. The second-order valence-electron chi connectivity index (χ2n) is 17.8. The monoisotopic (exact) mass is 828 g/mol. The first-order chi connectivity index (χ1) is 20.9. The molecule has 0 radical (unpaired) electrons. The Kier molecular flexibility index (Phi) is 10.8. The molecule has 2 aromatic heterocycles. The predicted molar refractivity (Wildman–Crippen MR) is 187 cm³/mol. The first-order valence-electron chi connectivity index (χ1n) is 16.2. The van der Waals surface area contributed by atoms with Gasteiger partial charge in [-0.05, 0) is 41.5 Å². The SMILES string of the molecule is CC(C)(C)OP(=O)(OC[C@]12C[C@@H]1[C@@H](n1cnc3c(Cl)n[c]([Sn]([CH3])([CH3])[CH3])nc31)C[C@@H]2OP(=O)(OC(C)(C)C)OC(C)(C)C)OC(C)(C)C. The summed E-state index contributed by atoms with van der Waals surface area (Å²) < 4.78 is 68.0. The summed E-state index contributed by atoms with van der Waals surface area (Å²) in [7, 11) is -8.20. The second-order valence-corrected chi connectivity index (χ2v) is 35.3. The van der Waals surface area contributed by atoms with Gasteiger partial charge >= 0.3 is 250 Å². The number of rotatable bonds is 11. The van der Waals surface area contributed by atoms with Crippen LogP contribution in [0.5, 0.6) is 0 Å². The molecule has 2 heterocycles. The first-order valence-corrected chi connectivity index (χ1v) is 29.5. The Morgan fingerprint density at radius 1 is 0.851 bits per heavy atom. The zero-order valence-corrected chi connectivity index (χ0v) is 36.2. The van der Waals surface area contributed by atoms with Crippen LogP contribution in [0.2, 0.25) is 20.0 Å².